The van der Waals surface area contributed by atoms with Crippen LogP contribution in [0.2, 0.25) is 0 Å². The fourth-order valence-electron chi connectivity index (χ4n) is 4.60. The lowest BCUT2D eigenvalue weighted by atomic mass is 9.86. The molecule has 3 aliphatic rings. The first-order chi connectivity index (χ1) is 10.4. The van der Waals surface area contributed by atoms with E-state index in [1.165, 1.54) is 97.1 Å². The van der Waals surface area contributed by atoms with E-state index in [2.05, 4.69) is 15.5 Å². The van der Waals surface area contributed by atoms with Gasteiger partial charge in [-0.3, -0.25) is 0 Å². The highest BCUT2D eigenvalue weighted by Gasteiger charge is 2.25. The summed E-state index contributed by atoms with van der Waals surface area (Å²) < 4.78 is 0. The van der Waals surface area contributed by atoms with E-state index in [4.69, 9.17) is 0 Å². The first-order valence-corrected chi connectivity index (χ1v) is 9.56. The minimum atomic E-state index is 0.801. The summed E-state index contributed by atoms with van der Waals surface area (Å²) >= 11 is 0. The molecule has 3 saturated heterocycles. The van der Waals surface area contributed by atoms with Gasteiger partial charge in [0.2, 0.25) is 0 Å². The van der Waals surface area contributed by atoms with E-state index < -0.39 is 0 Å². The second-order valence-electron chi connectivity index (χ2n) is 7.69. The van der Waals surface area contributed by atoms with Crippen LogP contribution in [-0.4, -0.2) is 50.2 Å². The lowest BCUT2D eigenvalue weighted by Gasteiger charge is -2.36. The molecule has 0 radical (unpaired) electrons. The van der Waals surface area contributed by atoms with Gasteiger partial charge in [-0.1, -0.05) is 6.42 Å². The Morgan fingerprint density at radius 3 is 2.57 bits per heavy atom. The molecule has 0 bridgehead atoms. The van der Waals surface area contributed by atoms with Crippen molar-refractivity contribution in [3.63, 3.8) is 0 Å². The van der Waals surface area contributed by atoms with Gasteiger partial charge in [-0.2, -0.15) is 0 Å². The van der Waals surface area contributed by atoms with Crippen LogP contribution < -0.4 is 10.6 Å². The quantitative estimate of drug-likeness (QED) is 0.816. The molecule has 0 aliphatic carbocycles. The molecule has 0 aromatic heterocycles. The van der Waals surface area contributed by atoms with Crippen molar-refractivity contribution in [2.75, 3.05) is 39.3 Å². The van der Waals surface area contributed by atoms with Crippen molar-refractivity contribution >= 4 is 0 Å². The zero-order valence-corrected chi connectivity index (χ0v) is 13.8. The number of piperidine rings is 3. The van der Waals surface area contributed by atoms with Crippen LogP contribution in [0.25, 0.3) is 0 Å². The highest BCUT2D eigenvalue weighted by Crippen LogP contribution is 2.24. The first kappa shape index (κ1) is 15.8. The molecule has 122 valence electrons. The number of nitrogens with zero attached hydrogens (tertiary/aromatic N) is 1. The Morgan fingerprint density at radius 1 is 0.857 bits per heavy atom. The van der Waals surface area contributed by atoms with Gasteiger partial charge >= 0.3 is 0 Å². The van der Waals surface area contributed by atoms with Crippen molar-refractivity contribution < 1.29 is 0 Å². The van der Waals surface area contributed by atoms with Gasteiger partial charge in [0.1, 0.15) is 0 Å². The third-order valence-corrected chi connectivity index (χ3v) is 5.89. The molecule has 2 unspecified atom stereocenters. The third kappa shape index (κ3) is 5.22. The Morgan fingerprint density at radius 2 is 1.76 bits per heavy atom. The molecule has 3 atom stereocenters. The second kappa shape index (κ2) is 8.50. The maximum absolute atomic E-state index is 3.79. The average molecular weight is 293 g/mol. The van der Waals surface area contributed by atoms with E-state index in [0.717, 1.165) is 17.9 Å². The van der Waals surface area contributed by atoms with Crippen LogP contribution in [0.1, 0.15) is 57.8 Å². The molecule has 3 rings (SSSR count). The van der Waals surface area contributed by atoms with Crippen LogP contribution in [0.15, 0.2) is 0 Å². The first-order valence-electron chi connectivity index (χ1n) is 9.56. The highest BCUT2D eigenvalue weighted by atomic mass is 15.1. The fourth-order valence-corrected chi connectivity index (χ4v) is 4.60. The van der Waals surface area contributed by atoms with Gasteiger partial charge < -0.3 is 15.5 Å². The largest absolute Gasteiger partial charge is 0.316 e. The average Bonchev–Trinajstić information content (AvgIpc) is 2.55. The van der Waals surface area contributed by atoms with Crippen LogP contribution >= 0.6 is 0 Å². The number of likely N-dealkylation sites (tertiary alicyclic amines) is 1. The summed E-state index contributed by atoms with van der Waals surface area (Å²) in [6.45, 7) is 7.87. The van der Waals surface area contributed by atoms with Crippen LogP contribution in [0, 0.1) is 11.8 Å². The van der Waals surface area contributed by atoms with Gasteiger partial charge in [0, 0.05) is 12.6 Å². The highest BCUT2D eigenvalue weighted by molar-refractivity contribution is 4.82. The predicted molar refractivity (Wildman–Crippen MR) is 89.6 cm³/mol. The van der Waals surface area contributed by atoms with E-state index in [-0.39, 0.29) is 0 Å². The Bertz CT molecular complexity index is 282. The SMILES string of the molecule is C1CCN(CC2CCN[C@@H](CCC3CCCNC3)C2)CC1. The minimum absolute atomic E-state index is 0.801. The zero-order chi connectivity index (χ0) is 14.3. The van der Waals surface area contributed by atoms with Gasteiger partial charge in [0.25, 0.3) is 0 Å². The number of hydrogen-bond donors (Lipinski definition) is 2. The van der Waals surface area contributed by atoms with Gasteiger partial charge in [-0.15, -0.1) is 0 Å². The molecular weight excluding hydrogens is 258 g/mol. The summed E-state index contributed by atoms with van der Waals surface area (Å²) in [5.41, 5.74) is 0. The lowest BCUT2D eigenvalue weighted by Crippen LogP contribution is -2.43. The molecule has 0 spiro atoms. The van der Waals surface area contributed by atoms with Gasteiger partial charge in [0.05, 0.1) is 0 Å². The van der Waals surface area contributed by atoms with Crippen molar-refractivity contribution in [1.29, 1.82) is 0 Å². The maximum atomic E-state index is 3.79. The molecule has 0 saturated carbocycles. The summed E-state index contributed by atoms with van der Waals surface area (Å²) in [4.78, 5) is 2.74. The zero-order valence-electron chi connectivity index (χ0n) is 13.8. The van der Waals surface area contributed by atoms with Gasteiger partial charge in [0.15, 0.2) is 0 Å². The van der Waals surface area contributed by atoms with Gasteiger partial charge in [-0.25, -0.2) is 0 Å². The number of nitrogens with one attached hydrogen (secondary N) is 2. The minimum Gasteiger partial charge on any atom is -0.316 e. The molecule has 0 aromatic carbocycles. The molecule has 3 fully saturated rings. The number of rotatable bonds is 5. The van der Waals surface area contributed by atoms with Crippen LogP contribution in [0.3, 0.4) is 0 Å². The topological polar surface area (TPSA) is 27.3 Å². The Balaban J connectivity index is 1.36. The number of hydrogen-bond acceptors (Lipinski definition) is 3. The molecule has 0 amide bonds. The molecule has 0 aromatic rings. The van der Waals surface area contributed by atoms with E-state index in [1.807, 2.05) is 0 Å². The third-order valence-electron chi connectivity index (χ3n) is 5.89. The van der Waals surface area contributed by atoms with Crippen molar-refractivity contribution in [2.24, 2.45) is 11.8 Å². The van der Waals surface area contributed by atoms with Crippen LogP contribution in [0.4, 0.5) is 0 Å². The van der Waals surface area contributed by atoms with E-state index in [1.54, 1.807) is 0 Å². The standard InChI is InChI=1S/C18H35N3/c1-2-11-21(12-3-1)15-17-8-10-20-18(13-17)7-6-16-5-4-9-19-14-16/h16-20H,1-15H2/t16?,17?,18-/m0/s1. The normalized spacial score (nSPS) is 35.7. The lowest BCUT2D eigenvalue weighted by molar-refractivity contribution is 0.160. The van der Waals surface area contributed by atoms with Crippen molar-refractivity contribution in [1.82, 2.24) is 15.5 Å². The predicted octanol–water partition coefficient (Wildman–Crippen LogP) is 2.62. The van der Waals surface area contributed by atoms with Crippen molar-refractivity contribution in [2.45, 2.75) is 63.8 Å². The molecule has 21 heavy (non-hydrogen) atoms. The molecule has 2 N–H and O–H groups in total. The summed E-state index contributed by atoms with van der Waals surface area (Å²) in [5.74, 6) is 1.90. The summed E-state index contributed by atoms with van der Waals surface area (Å²) in [5, 5.41) is 7.35. The van der Waals surface area contributed by atoms with E-state index >= 15 is 0 Å². The van der Waals surface area contributed by atoms with Crippen LogP contribution in [-0.2, 0) is 0 Å². The van der Waals surface area contributed by atoms with Gasteiger partial charge in [-0.05, 0) is 95.9 Å². The second-order valence-corrected chi connectivity index (χ2v) is 7.69. The molecule has 3 aliphatic heterocycles. The Hall–Kier alpha value is -0.120. The van der Waals surface area contributed by atoms with Crippen molar-refractivity contribution in [3.05, 3.63) is 0 Å². The van der Waals surface area contributed by atoms with E-state index in [9.17, 15) is 0 Å². The van der Waals surface area contributed by atoms with Crippen LogP contribution in [0.5, 0.6) is 0 Å². The Kier molecular flexibility index (Phi) is 6.38. The molecule has 3 nitrogen and oxygen atoms in total. The van der Waals surface area contributed by atoms with E-state index in [0.29, 0.717) is 0 Å². The molecular formula is C18H35N3. The summed E-state index contributed by atoms with van der Waals surface area (Å²) in [6, 6.07) is 0.801. The Labute approximate surface area is 131 Å². The molecule has 3 heteroatoms. The fraction of sp³-hybridized carbons (Fsp3) is 1.00. The maximum Gasteiger partial charge on any atom is 0.00702 e. The monoisotopic (exact) mass is 293 g/mol. The summed E-state index contributed by atoms with van der Waals surface area (Å²) in [6.07, 6.45) is 12.8. The molecule has 3 heterocycles. The smallest absolute Gasteiger partial charge is 0.00702 e. The van der Waals surface area contributed by atoms with Crippen molar-refractivity contribution in [3.8, 4) is 0 Å². The summed E-state index contributed by atoms with van der Waals surface area (Å²) in [7, 11) is 0.